The molecular weight excluding hydrogens is 473 g/mol. The number of morpholine rings is 1. The van der Waals surface area contributed by atoms with Gasteiger partial charge in [-0.1, -0.05) is 12.1 Å². The Kier molecular flexibility index (Phi) is 8.72. The SMILES string of the molecule is O=C(NCCOc1ccc(S(=O)(=O)N2CCOCC2)cc1)[C@H]1CCCN(Cc2ccc(F)cc2)C1. The second kappa shape index (κ2) is 11.9. The number of hydrogen-bond donors (Lipinski definition) is 1. The molecule has 0 aromatic heterocycles. The number of carbonyl (C=O) groups excluding carboxylic acids is 1. The normalized spacial score (nSPS) is 19.9. The maximum absolute atomic E-state index is 13.1. The minimum Gasteiger partial charge on any atom is -0.492 e. The number of likely N-dealkylation sites (tertiary alicyclic amines) is 1. The van der Waals surface area contributed by atoms with Gasteiger partial charge in [-0.15, -0.1) is 0 Å². The Morgan fingerprint density at radius 1 is 1.06 bits per heavy atom. The van der Waals surface area contributed by atoms with E-state index in [1.807, 2.05) is 0 Å². The Hall–Kier alpha value is -2.53. The van der Waals surface area contributed by atoms with Crippen LogP contribution in [0, 0.1) is 11.7 Å². The van der Waals surface area contributed by atoms with Gasteiger partial charge in [0, 0.05) is 26.2 Å². The van der Waals surface area contributed by atoms with Crippen LogP contribution in [0.5, 0.6) is 5.75 Å². The molecule has 1 N–H and O–H groups in total. The highest BCUT2D eigenvalue weighted by Gasteiger charge is 2.27. The number of rotatable bonds is 9. The number of sulfonamides is 1. The average Bonchev–Trinajstić information content (AvgIpc) is 2.89. The molecule has 2 aromatic rings. The number of piperidine rings is 1. The minimum atomic E-state index is -3.53. The molecular formula is C25H32FN3O5S. The molecule has 0 bridgehead atoms. The van der Waals surface area contributed by atoms with Gasteiger partial charge < -0.3 is 14.8 Å². The Morgan fingerprint density at radius 3 is 2.49 bits per heavy atom. The van der Waals surface area contributed by atoms with Crippen LogP contribution in [0.4, 0.5) is 4.39 Å². The molecule has 0 saturated carbocycles. The van der Waals surface area contributed by atoms with Crippen molar-refractivity contribution in [2.24, 2.45) is 5.92 Å². The minimum absolute atomic E-state index is 0.00404. The van der Waals surface area contributed by atoms with E-state index in [2.05, 4.69) is 10.2 Å². The van der Waals surface area contributed by atoms with Gasteiger partial charge in [-0.2, -0.15) is 4.31 Å². The van der Waals surface area contributed by atoms with Crippen LogP contribution in [0.25, 0.3) is 0 Å². The predicted octanol–water partition coefficient (Wildman–Crippen LogP) is 2.25. The molecule has 2 fully saturated rings. The molecule has 190 valence electrons. The van der Waals surface area contributed by atoms with E-state index in [-0.39, 0.29) is 29.1 Å². The van der Waals surface area contributed by atoms with Gasteiger partial charge in [0.15, 0.2) is 0 Å². The maximum atomic E-state index is 13.1. The van der Waals surface area contributed by atoms with Crippen LogP contribution >= 0.6 is 0 Å². The van der Waals surface area contributed by atoms with E-state index in [0.717, 1.165) is 24.9 Å². The number of nitrogens with one attached hydrogen (secondary N) is 1. The fraction of sp³-hybridized carbons (Fsp3) is 0.480. The molecule has 2 aliphatic rings. The lowest BCUT2D eigenvalue weighted by Crippen LogP contribution is -2.43. The molecule has 1 amide bonds. The van der Waals surface area contributed by atoms with E-state index in [4.69, 9.17) is 9.47 Å². The number of amides is 1. The van der Waals surface area contributed by atoms with Gasteiger partial charge in [-0.25, -0.2) is 12.8 Å². The van der Waals surface area contributed by atoms with Gasteiger partial charge in [0.05, 0.1) is 30.6 Å². The zero-order valence-corrected chi connectivity index (χ0v) is 20.5. The summed E-state index contributed by atoms with van der Waals surface area (Å²) >= 11 is 0. The monoisotopic (exact) mass is 505 g/mol. The van der Waals surface area contributed by atoms with Crippen LogP contribution in [-0.4, -0.2) is 76.1 Å². The Labute approximate surface area is 206 Å². The number of hydrogen-bond acceptors (Lipinski definition) is 6. The first-order valence-electron chi connectivity index (χ1n) is 12.0. The number of halogens is 1. The zero-order valence-electron chi connectivity index (χ0n) is 19.7. The van der Waals surface area contributed by atoms with Crippen LogP contribution in [0.15, 0.2) is 53.4 Å². The summed E-state index contributed by atoms with van der Waals surface area (Å²) in [5.74, 6) is 0.211. The van der Waals surface area contributed by atoms with Gasteiger partial charge >= 0.3 is 0 Å². The van der Waals surface area contributed by atoms with Crippen molar-refractivity contribution >= 4 is 15.9 Å². The first-order chi connectivity index (χ1) is 16.9. The molecule has 0 aliphatic carbocycles. The lowest BCUT2D eigenvalue weighted by atomic mass is 9.96. The van der Waals surface area contributed by atoms with Gasteiger partial charge in [-0.3, -0.25) is 9.69 Å². The van der Waals surface area contributed by atoms with Crippen molar-refractivity contribution in [3.05, 3.63) is 59.9 Å². The second-order valence-corrected chi connectivity index (χ2v) is 10.8. The van der Waals surface area contributed by atoms with Gasteiger partial charge in [0.2, 0.25) is 15.9 Å². The first kappa shape index (κ1) is 25.6. The van der Waals surface area contributed by atoms with Crippen LogP contribution in [0.2, 0.25) is 0 Å². The number of carbonyl (C=O) groups is 1. The third-order valence-electron chi connectivity index (χ3n) is 6.30. The standard InChI is InChI=1S/C25H32FN3O5S/c26-22-5-3-20(4-6-22)18-28-12-1-2-21(19-28)25(30)27-11-15-34-23-7-9-24(10-8-23)35(31,32)29-13-16-33-17-14-29/h3-10,21H,1-2,11-19H2,(H,27,30)/t21-/m0/s1. The summed E-state index contributed by atoms with van der Waals surface area (Å²) in [6, 6.07) is 12.8. The summed E-state index contributed by atoms with van der Waals surface area (Å²) in [6.45, 7) is 4.44. The van der Waals surface area contributed by atoms with E-state index in [9.17, 15) is 17.6 Å². The summed E-state index contributed by atoms with van der Waals surface area (Å²) in [5.41, 5.74) is 1.03. The Bertz CT molecular complexity index is 1070. The summed E-state index contributed by atoms with van der Waals surface area (Å²) < 4.78 is 50.8. The highest BCUT2D eigenvalue weighted by Crippen LogP contribution is 2.21. The van der Waals surface area contributed by atoms with Crippen molar-refractivity contribution in [2.75, 3.05) is 52.5 Å². The predicted molar refractivity (Wildman–Crippen MR) is 129 cm³/mol. The van der Waals surface area contributed by atoms with Crippen molar-refractivity contribution in [1.82, 2.24) is 14.5 Å². The van der Waals surface area contributed by atoms with Crippen LogP contribution in [-0.2, 0) is 26.1 Å². The van der Waals surface area contributed by atoms with Crippen LogP contribution in [0.1, 0.15) is 18.4 Å². The first-order valence-corrected chi connectivity index (χ1v) is 13.4. The average molecular weight is 506 g/mol. The fourth-order valence-corrected chi connectivity index (χ4v) is 5.80. The van der Waals surface area contributed by atoms with Crippen molar-refractivity contribution < 1.29 is 27.1 Å². The van der Waals surface area contributed by atoms with Crippen molar-refractivity contribution in [1.29, 1.82) is 0 Å². The number of ether oxygens (including phenoxy) is 2. The zero-order chi connectivity index (χ0) is 24.7. The quantitative estimate of drug-likeness (QED) is 0.526. The van der Waals surface area contributed by atoms with Gasteiger partial charge in [0.25, 0.3) is 0 Å². The van der Waals surface area contributed by atoms with Crippen LogP contribution in [0.3, 0.4) is 0 Å². The van der Waals surface area contributed by atoms with Gasteiger partial charge in [-0.05, 0) is 61.3 Å². The molecule has 1 atom stereocenters. The molecule has 10 heteroatoms. The van der Waals surface area contributed by atoms with E-state index in [1.165, 1.54) is 28.6 Å². The highest BCUT2D eigenvalue weighted by atomic mass is 32.2. The van der Waals surface area contributed by atoms with Crippen molar-refractivity contribution in [2.45, 2.75) is 24.3 Å². The fourth-order valence-electron chi connectivity index (χ4n) is 4.39. The smallest absolute Gasteiger partial charge is 0.243 e. The summed E-state index contributed by atoms with van der Waals surface area (Å²) in [6.07, 6.45) is 1.78. The number of nitrogens with zero attached hydrogens (tertiary/aromatic N) is 2. The lowest BCUT2D eigenvalue weighted by molar-refractivity contribution is -0.126. The third kappa shape index (κ3) is 7.00. The highest BCUT2D eigenvalue weighted by molar-refractivity contribution is 7.89. The molecule has 2 aliphatic heterocycles. The third-order valence-corrected chi connectivity index (χ3v) is 8.21. The summed E-state index contributed by atoms with van der Waals surface area (Å²) in [7, 11) is -3.53. The number of benzene rings is 2. The molecule has 4 rings (SSSR count). The Morgan fingerprint density at radius 2 is 1.77 bits per heavy atom. The van der Waals surface area contributed by atoms with Crippen molar-refractivity contribution in [3.8, 4) is 5.75 Å². The summed E-state index contributed by atoms with van der Waals surface area (Å²) in [4.78, 5) is 15.1. The molecule has 0 radical (unpaired) electrons. The van der Waals surface area contributed by atoms with Crippen molar-refractivity contribution in [3.63, 3.8) is 0 Å². The van der Waals surface area contributed by atoms with E-state index < -0.39 is 10.0 Å². The maximum Gasteiger partial charge on any atom is 0.243 e. The molecule has 0 spiro atoms. The lowest BCUT2D eigenvalue weighted by Gasteiger charge is -2.32. The Balaban J connectivity index is 1.19. The second-order valence-electron chi connectivity index (χ2n) is 8.83. The summed E-state index contributed by atoms with van der Waals surface area (Å²) in [5, 5.41) is 2.94. The van der Waals surface area contributed by atoms with Crippen LogP contribution < -0.4 is 10.1 Å². The van der Waals surface area contributed by atoms with Gasteiger partial charge in [0.1, 0.15) is 18.2 Å². The molecule has 2 aromatic carbocycles. The largest absolute Gasteiger partial charge is 0.492 e. The molecule has 2 heterocycles. The molecule has 2 saturated heterocycles. The molecule has 8 nitrogen and oxygen atoms in total. The molecule has 35 heavy (non-hydrogen) atoms. The van der Waals surface area contributed by atoms with E-state index >= 15 is 0 Å². The van der Waals surface area contributed by atoms with E-state index in [0.29, 0.717) is 51.7 Å². The van der Waals surface area contributed by atoms with E-state index in [1.54, 1.807) is 24.3 Å². The topological polar surface area (TPSA) is 88.2 Å². The molecule has 0 unspecified atom stereocenters.